The zero-order chi connectivity index (χ0) is 16.7. The lowest BCUT2D eigenvalue weighted by Gasteiger charge is -2.16. The number of thiophene rings is 1. The molecule has 22 heavy (non-hydrogen) atoms. The minimum Gasteiger partial charge on any atom is -0.298 e. The molecule has 0 radical (unpaired) electrons. The Hall–Kier alpha value is -1.14. The van der Waals surface area contributed by atoms with Crippen LogP contribution < -0.4 is 5.56 Å². The molecule has 2 aromatic rings. The molecule has 6 heteroatoms. The number of aromatic nitrogens is 2. The summed E-state index contributed by atoms with van der Waals surface area (Å²) in [5.41, 5.74) is 0.645. The minimum atomic E-state index is -0.370. The first-order valence-electron chi connectivity index (χ1n) is 7.33. The molecule has 2 aromatic heterocycles. The molecule has 0 bridgehead atoms. The molecule has 4 nitrogen and oxygen atoms in total. The largest absolute Gasteiger partial charge is 0.298 e. The number of nitrogens with zero attached hydrogens (tertiary/aromatic N) is 2. The van der Waals surface area contributed by atoms with Crippen LogP contribution in [-0.2, 0) is 11.3 Å². The predicted molar refractivity (Wildman–Crippen MR) is 94.2 cm³/mol. The molecule has 120 valence electrons. The maximum Gasteiger partial charge on any atom is 0.263 e. The first kappa shape index (κ1) is 17.2. The smallest absolute Gasteiger partial charge is 0.263 e. The Labute approximate surface area is 138 Å². The number of carbonyl (C=O) groups excluding carboxylic acids is 1. The number of hydrogen-bond donors (Lipinski definition) is 0. The molecular formula is C16H22N2O2S2. The molecule has 0 spiro atoms. The Morgan fingerprint density at radius 3 is 2.50 bits per heavy atom. The van der Waals surface area contributed by atoms with Crippen molar-refractivity contribution in [3.05, 3.63) is 20.8 Å². The second-order valence-corrected chi connectivity index (χ2v) is 8.51. The van der Waals surface area contributed by atoms with E-state index in [4.69, 9.17) is 0 Å². The van der Waals surface area contributed by atoms with Crippen LogP contribution in [0.4, 0.5) is 0 Å². The van der Waals surface area contributed by atoms with Crippen molar-refractivity contribution in [1.29, 1.82) is 0 Å². The molecule has 0 aliphatic heterocycles. The Balaban J connectivity index is 2.46. The number of fused-ring (bicyclic) bond motifs is 1. The van der Waals surface area contributed by atoms with Crippen molar-refractivity contribution in [2.24, 2.45) is 5.41 Å². The standard InChI is InChI=1S/C16H22N2O2S2/c1-7-18-14(20)12-9(2)10(3)22-13(12)17-15(18)21-8-11(19)16(4,5)6/h7-8H2,1-6H3. The van der Waals surface area contributed by atoms with Gasteiger partial charge in [-0.2, -0.15) is 0 Å². The predicted octanol–water partition coefficient (Wildman–Crippen LogP) is 3.80. The maximum atomic E-state index is 12.7. The fourth-order valence-electron chi connectivity index (χ4n) is 2.04. The van der Waals surface area contributed by atoms with Crippen LogP contribution >= 0.6 is 23.1 Å². The van der Waals surface area contributed by atoms with E-state index in [2.05, 4.69) is 4.98 Å². The highest BCUT2D eigenvalue weighted by molar-refractivity contribution is 7.99. The van der Waals surface area contributed by atoms with Gasteiger partial charge in [-0.3, -0.25) is 14.2 Å². The van der Waals surface area contributed by atoms with Gasteiger partial charge in [-0.25, -0.2) is 4.98 Å². The number of aryl methyl sites for hydroxylation is 2. The molecular weight excluding hydrogens is 316 g/mol. The van der Waals surface area contributed by atoms with Crippen molar-refractivity contribution < 1.29 is 4.79 Å². The normalized spacial score (nSPS) is 12.1. The average molecular weight is 338 g/mol. The number of hydrogen-bond acceptors (Lipinski definition) is 5. The zero-order valence-corrected chi connectivity index (χ0v) is 15.6. The molecule has 0 N–H and O–H groups in total. The van der Waals surface area contributed by atoms with Crippen LogP contribution in [0.5, 0.6) is 0 Å². The van der Waals surface area contributed by atoms with Crippen LogP contribution in [0.3, 0.4) is 0 Å². The van der Waals surface area contributed by atoms with E-state index in [0.29, 0.717) is 17.5 Å². The molecule has 0 saturated carbocycles. The Kier molecular flexibility index (Phi) is 4.82. The molecule has 0 amide bonds. The summed E-state index contributed by atoms with van der Waals surface area (Å²) in [7, 11) is 0. The molecule has 0 aliphatic rings. The zero-order valence-electron chi connectivity index (χ0n) is 13.9. The summed E-state index contributed by atoms with van der Waals surface area (Å²) in [6.07, 6.45) is 0. The highest BCUT2D eigenvalue weighted by Gasteiger charge is 2.22. The van der Waals surface area contributed by atoms with Crippen molar-refractivity contribution in [2.45, 2.75) is 53.2 Å². The summed E-state index contributed by atoms with van der Waals surface area (Å²) in [6, 6.07) is 0. The third-order valence-corrected chi connectivity index (χ3v) is 5.82. The second kappa shape index (κ2) is 6.16. The van der Waals surface area contributed by atoms with Crippen LogP contribution in [0.1, 0.15) is 38.1 Å². The number of carbonyl (C=O) groups is 1. The molecule has 0 atom stereocenters. The first-order chi connectivity index (χ1) is 10.2. The maximum absolute atomic E-state index is 12.7. The molecule has 2 heterocycles. The molecule has 0 saturated heterocycles. The van der Waals surface area contributed by atoms with Crippen LogP contribution in [0, 0.1) is 19.3 Å². The third-order valence-electron chi connectivity index (χ3n) is 3.74. The lowest BCUT2D eigenvalue weighted by molar-refractivity contribution is -0.123. The van der Waals surface area contributed by atoms with Crippen molar-refractivity contribution in [1.82, 2.24) is 9.55 Å². The lowest BCUT2D eigenvalue weighted by Crippen LogP contribution is -2.25. The van der Waals surface area contributed by atoms with Gasteiger partial charge in [0.15, 0.2) is 5.16 Å². The van der Waals surface area contributed by atoms with Crippen LogP contribution in [0.15, 0.2) is 9.95 Å². The summed E-state index contributed by atoms with van der Waals surface area (Å²) < 4.78 is 1.67. The summed E-state index contributed by atoms with van der Waals surface area (Å²) in [5, 5.41) is 1.36. The van der Waals surface area contributed by atoms with Gasteiger partial charge >= 0.3 is 0 Å². The Bertz CT molecular complexity index is 782. The van der Waals surface area contributed by atoms with E-state index in [9.17, 15) is 9.59 Å². The number of thioether (sulfide) groups is 1. The highest BCUT2D eigenvalue weighted by Crippen LogP contribution is 2.29. The third kappa shape index (κ3) is 3.13. The van der Waals surface area contributed by atoms with Gasteiger partial charge in [-0.15, -0.1) is 11.3 Å². The van der Waals surface area contributed by atoms with E-state index < -0.39 is 0 Å². The summed E-state index contributed by atoms with van der Waals surface area (Å²) in [5.74, 6) is 0.498. The number of rotatable bonds is 4. The van der Waals surface area contributed by atoms with Gasteiger partial charge in [0.2, 0.25) is 0 Å². The highest BCUT2D eigenvalue weighted by atomic mass is 32.2. The molecule has 2 rings (SSSR count). The van der Waals surface area contributed by atoms with Gasteiger partial charge in [-0.1, -0.05) is 32.5 Å². The first-order valence-corrected chi connectivity index (χ1v) is 9.13. The Morgan fingerprint density at radius 1 is 1.32 bits per heavy atom. The quantitative estimate of drug-likeness (QED) is 0.628. The molecule has 0 aromatic carbocycles. The van der Waals surface area contributed by atoms with Crippen molar-refractivity contribution in [2.75, 3.05) is 5.75 Å². The summed E-state index contributed by atoms with van der Waals surface area (Å²) >= 11 is 2.90. The van der Waals surface area contributed by atoms with Gasteiger partial charge < -0.3 is 0 Å². The molecule has 0 fully saturated rings. The second-order valence-electron chi connectivity index (χ2n) is 6.37. The average Bonchev–Trinajstić information content (AvgIpc) is 2.70. The van der Waals surface area contributed by atoms with E-state index in [-0.39, 0.29) is 16.8 Å². The van der Waals surface area contributed by atoms with Crippen LogP contribution in [0.25, 0.3) is 10.2 Å². The summed E-state index contributed by atoms with van der Waals surface area (Å²) in [6.45, 7) is 12.2. The summed E-state index contributed by atoms with van der Waals surface area (Å²) in [4.78, 5) is 31.3. The van der Waals surface area contributed by atoms with E-state index >= 15 is 0 Å². The van der Waals surface area contributed by atoms with Gasteiger partial charge in [0.1, 0.15) is 10.6 Å². The number of ketones is 1. The van der Waals surface area contributed by atoms with Crippen molar-refractivity contribution in [3.8, 4) is 0 Å². The fraction of sp³-hybridized carbons (Fsp3) is 0.562. The van der Waals surface area contributed by atoms with Crippen molar-refractivity contribution in [3.63, 3.8) is 0 Å². The van der Waals surface area contributed by atoms with Gasteiger partial charge in [0, 0.05) is 16.8 Å². The van der Waals surface area contributed by atoms with Gasteiger partial charge in [0.05, 0.1) is 11.1 Å². The molecule has 0 aliphatic carbocycles. The molecule has 0 unspecified atom stereocenters. The van der Waals surface area contributed by atoms with E-state index in [1.807, 2.05) is 41.5 Å². The monoisotopic (exact) mass is 338 g/mol. The minimum absolute atomic E-state index is 0.0000534. The van der Waals surface area contributed by atoms with E-state index in [1.54, 1.807) is 15.9 Å². The lowest BCUT2D eigenvalue weighted by atomic mass is 9.92. The Morgan fingerprint density at radius 2 is 1.95 bits per heavy atom. The topological polar surface area (TPSA) is 52.0 Å². The van der Waals surface area contributed by atoms with Gasteiger partial charge in [-0.05, 0) is 26.3 Å². The van der Waals surface area contributed by atoms with E-state index in [1.165, 1.54) is 11.8 Å². The van der Waals surface area contributed by atoms with Gasteiger partial charge in [0.25, 0.3) is 5.56 Å². The van der Waals surface area contributed by atoms with E-state index in [0.717, 1.165) is 20.7 Å². The van der Waals surface area contributed by atoms with Crippen LogP contribution in [-0.4, -0.2) is 21.1 Å². The number of Topliss-reactive ketones (excluding diaryl/α,β-unsaturated/α-hetero) is 1. The fourth-order valence-corrected chi connectivity index (χ4v) is 4.34. The van der Waals surface area contributed by atoms with Crippen LogP contribution in [0.2, 0.25) is 0 Å². The van der Waals surface area contributed by atoms with Crippen molar-refractivity contribution >= 4 is 39.1 Å². The SMILES string of the molecule is CCn1c(SCC(=O)C(C)(C)C)nc2sc(C)c(C)c2c1=O.